The van der Waals surface area contributed by atoms with Crippen molar-refractivity contribution in [1.82, 2.24) is 0 Å². The van der Waals surface area contributed by atoms with Gasteiger partial charge in [-0.05, 0) is 0 Å². The maximum Gasteiger partial charge on any atom is 2.00 e. The molecule has 0 aliphatic heterocycles. The van der Waals surface area contributed by atoms with Gasteiger partial charge in [-0.25, -0.2) is 0 Å². The Kier molecular flexibility index (Phi) is 11.3. The molecule has 0 spiro atoms. The average molecular weight is 290 g/mol. The van der Waals surface area contributed by atoms with E-state index in [1.165, 1.54) is 0 Å². The third-order valence-corrected chi connectivity index (χ3v) is 2.54. The molecule has 0 saturated carbocycles. The molecule has 10 heteroatoms. The van der Waals surface area contributed by atoms with Crippen LogP contribution in [0.15, 0.2) is 0 Å². The summed E-state index contributed by atoms with van der Waals surface area (Å²) in [5, 5.41) is 0. The summed E-state index contributed by atoms with van der Waals surface area (Å²) in [5.41, 5.74) is 0. The molecule has 0 atom stereocenters. The normalized spacial score (nSPS) is 11.5. The van der Waals surface area contributed by atoms with Crippen molar-refractivity contribution < 1.29 is 64.1 Å². The van der Waals surface area contributed by atoms with Crippen molar-refractivity contribution in [2.75, 3.05) is 12.3 Å². The Balaban J connectivity index is -0.000000405. The summed E-state index contributed by atoms with van der Waals surface area (Å²) in [6, 6.07) is 0. The van der Waals surface area contributed by atoms with E-state index in [2.05, 4.69) is 0 Å². The quantitative estimate of drug-likeness (QED) is 0.475. The Morgan fingerprint density at radius 3 is 0.833 bits per heavy atom. The summed E-state index contributed by atoms with van der Waals surface area (Å²) in [7, 11) is -9.67. The van der Waals surface area contributed by atoms with Crippen LogP contribution in [0, 0.1) is 0 Å². The van der Waals surface area contributed by atoms with E-state index in [1.807, 2.05) is 0 Å². The summed E-state index contributed by atoms with van der Waals surface area (Å²) >= 11 is 0. The third-order valence-electron chi connectivity index (χ3n) is 0.648. The van der Waals surface area contributed by atoms with Crippen LogP contribution in [0.2, 0.25) is 0 Å². The van der Waals surface area contributed by atoms with Crippen LogP contribution in [-0.4, -0.2) is 12.3 Å². The maximum absolute atomic E-state index is 9.75. The molecule has 0 rings (SSSR count). The van der Waals surface area contributed by atoms with E-state index in [-0.39, 0.29) is 34.7 Å². The van der Waals surface area contributed by atoms with Gasteiger partial charge in [-0.15, -0.1) is 0 Å². The van der Waals surface area contributed by atoms with Crippen LogP contribution in [0.25, 0.3) is 0 Å². The molecule has 0 amide bonds. The van der Waals surface area contributed by atoms with Crippen LogP contribution in [0.1, 0.15) is 0 Å². The molecule has 0 bridgehead atoms. The Bertz CT molecular complexity index is 95.1. The zero-order valence-electron chi connectivity index (χ0n) is 5.57. The molecule has 0 unspecified atom stereocenters. The summed E-state index contributed by atoms with van der Waals surface area (Å²) in [5.74, 6) is 0. The van der Waals surface area contributed by atoms with Crippen LogP contribution in [-0.2, 0) is 34.7 Å². The van der Waals surface area contributed by atoms with Crippen molar-refractivity contribution >= 4 is 15.9 Å². The molecule has 0 aliphatic rings. The molecule has 6 nitrogen and oxygen atoms in total. The van der Waals surface area contributed by atoms with Gasteiger partial charge < -0.3 is 29.4 Å². The van der Waals surface area contributed by atoms with Crippen molar-refractivity contribution in [3.05, 3.63) is 0 Å². The topological polar surface area (TPSA) is 138 Å². The minimum atomic E-state index is -4.83. The first-order valence-corrected chi connectivity index (χ1v) is 5.68. The molecule has 70 valence electrons. The van der Waals surface area contributed by atoms with Gasteiger partial charge in [-0.2, -0.15) is 15.9 Å². The van der Waals surface area contributed by atoms with Crippen LogP contribution >= 0.6 is 15.9 Å². The Hall–Kier alpha value is 1.68. The molecule has 0 aromatic carbocycles. The number of hydrogen-bond acceptors (Lipinski definition) is 6. The van der Waals surface area contributed by atoms with Gasteiger partial charge in [0.15, 0.2) is 0 Å². The van der Waals surface area contributed by atoms with Gasteiger partial charge in [-0.1, -0.05) is 0 Å². The van der Waals surface area contributed by atoms with Crippen LogP contribution in [0.3, 0.4) is 0 Å². The van der Waals surface area contributed by atoms with Crippen molar-refractivity contribution in [3.8, 4) is 0 Å². The Morgan fingerprint density at radius 1 is 0.583 bits per heavy atom. The Morgan fingerprint density at radius 2 is 0.750 bits per heavy atom. The van der Waals surface area contributed by atoms with Gasteiger partial charge in [0.25, 0.3) is 0 Å². The van der Waals surface area contributed by atoms with Gasteiger partial charge in [0.1, 0.15) is 0 Å². The largest absolute Gasteiger partial charge is 2.00 e. The predicted molar refractivity (Wildman–Crippen MR) is 23.6 cm³/mol. The minimum absolute atomic E-state index is 0. The summed E-state index contributed by atoms with van der Waals surface area (Å²) in [4.78, 5) is 58.5. The standard InChI is InChI=1S/C2H8O6P2.2Cr/c3-9(4,5)1-2-10(6,7)8;;/h1-2H2,(H2,3,4,5)(H2,6,7,8);;/q;2*+2/p-4. The first kappa shape index (κ1) is 19.3. The number of rotatable bonds is 3. The molecule has 0 aliphatic carbocycles. The Labute approximate surface area is 92.3 Å². The minimum Gasteiger partial charge on any atom is -0.688 e. The molecule has 0 aromatic heterocycles. The van der Waals surface area contributed by atoms with Crippen molar-refractivity contribution in [1.29, 1.82) is 0 Å². The monoisotopic (exact) mass is 290 g/mol. The summed E-state index contributed by atoms with van der Waals surface area (Å²) in [6.45, 7) is 0. The van der Waals surface area contributed by atoms with Crippen LogP contribution in [0.4, 0.5) is 0 Å². The molecule has 0 N–H and O–H groups in total. The van der Waals surface area contributed by atoms with Gasteiger partial charge >= 0.3 is 34.7 Å². The summed E-state index contributed by atoms with van der Waals surface area (Å²) < 4.78 is 0. The second-order valence-corrected chi connectivity index (χ2v) is 5.01. The summed E-state index contributed by atoms with van der Waals surface area (Å²) in [6.07, 6.45) is -2.23. The van der Waals surface area contributed by atoms with Gasteiger partial charge in [0.05, 0.1) is 12.3 Å². The average Bonchev–Trinajstić information content (AvgIpc) is 1.57. The van der Waals surface area contributed by atoms with E-state index < -0.39 is 28.2 Å². The smallest absolute Gasteiger partial charge is 0.688 e. The van der Waals surface area contributed by atoms with Crippen molar-refractivity contribution in [2.45, 2.75) is 0 Å². The molecule has 0 fully saturated rings. The fourth-order valence-electron chi connectivity index (χ4n) is 0.245. The molecular weight excluding hydrogens is 286 g/mol. The second kappa shape index (κ2) is 7.04. The zero-order valence-corrected chi connectivity index (χ0v) is 9.91. The van der Waals surface area contributed by atoms with E-state index in [1.54, 1.807) is 0 Å². The van der Waals surface area contributed by atoms with E-state index in [0.29, 0.717) is 0 Å². The first-order valence-electron chi connectivity index (χ1n) is 2.23. The van der Waals surface area contributed by atoms with Crippen LogP contribution < -0.4 is 29.4 Å². The van der Waals surface area contributed by atoms with Gasteiger partial charge in [0, 0.05) is 0 Å². The van der Waals surface area contributed by atoms with Crippen molar-refractivity contribution in [3.63, 3.8) is 0 Å². The molecule has 0 radical (unpaired) electrons. The predicted octanol–water partition coefficient (Wildman–Crippen LogP) is -5.33. The third kappa shape index (κ3) is 17.7. The van der Waals surface area contributed by atoms with Crippen molar-refractivity contribution in [2.24, 2.45) is 0 Å². The van der Waals surface area contributed by atoms with Crippen LogP contribution in [0.5, 0.6) is 0 Å². The first-order chi connectivity index (χ1) is 4.21. The molecule has 0 saturated heterocycles. The number of hydrogen-bond donors (Lipinski definition) is 0. The zero-order chi connectivity index (χ0) is 8.41. The van der Waals surface area contributed by atoms with Gasteiger partial charge in [-0.3, -0.25) is 0 Å². The molecule has 0 heterocycles. The maximum atomic E-state index is 9.75. The van der Waals surface area contributed by atoms with E-state index in [0.717, 1.165) is 0 Å². The fraction of sp³-hybridized carbons (Fsp3) is 1.00. The van der Waals surface area contributed by atoms with E-state index in [9.17, 15) is 29.4 Å². The van der Waals surface area contributed by atoms with E-state index >= 15 is 0 Å². The fourth-order valence-corrected chi connectivity index (χ4v) is 2.20. The molecule has 12 heavy (non-hydrogen) atoms. The molecular formula is C2H4Cr2O6P2. The van der Waals surface area contributed by atoms with Gasteiger partial charge in [0.2, 0.25) is 0 Å². The SMILES string of the molecule is [Cr+2].[Cr+2].[O-][P+]([O-])([O-])CC[P+]([O-])([O-])[O-]. The van der Waals surface area contributed by atoms with E-state index in [4.69, 9.17) is 0 Å². The molecule has 0 aromatic rings. The second-order valence-electron chi connectivity index (χ2n) is 1.67.